The predicted molar refractivity (Wildman–Crippen MR) is 111 cm³/mol. The number of pyridine rings is 1. The molecule has 0 spiro atoms. The number of likely N-dealkylation sites (tertiary alicyclic amines) is 1. The predicted octanol–water partition coefficient (Wildman–Crippen LogP) is 2.69. The van der Waals surface area contributed by atoms with Crippen molar-refractivity contribution in [3.8, 4) is 11.3 Å². The van der Waals surface area contributed by atoms with Crippen molar-refractivity contribution in [3.05, 3.63) is 76.3 Å². The van der Waals surface area contributed by atoms with Crippen LogP contribution < -0.4 is 5.56 Å². The van der Waals surface area contributed by atoms with Crippen LogP contribution in [-0.2, 0) is 6.54 Å². The Balaban J connectivity index is 1.27. The van der Waals surface area contributed by atoms with Crippen molar-refractivity contribution in [3.63, 3.8) is 0 Å². The van der Waals surface area contributed by atoms with Crippen LogP contribution in [0.2, 0.25) is 0 Å². The van der Waals surface area contributed by atoms with E-state index in [1.54, 1.807) is 23.4 Å². The van der Waals surface area contributed by atoms with Gasteiger partial charge in [0.05, 0.1) is 22.5 Å². The molecule has 1 aliphatic rings. The fourth-order valence-electron chi connectivity index (χ4n) is 3.45. The molecule has 1 saturated heterocycles. The first-order chi connectivity index (χ1) is 14.2. The zero-order valence-electron chi connectivity index (χ0n) is 15.4. The number of hydrogen-bond donors (Lipinski definition) is 0. The highest BCUT2D eigenvalue weighted by Gasteiger charge is 2.33. The zero-order chi connectivity index (χ0) is 19.8. The largest absolute Gasteiger partial charge is 0.336 e. The van der Waals surface area contributed by atoms with Gasteiger partial charge in [-0.3, -0.25) is 14.6 Å². The van der Waals surface area contributed by atoms with Crippen molar-refractivity contribution < 1.29 is 4.79 Å². The third kappa shape index (κ3) is 3.42. The van der Waals surface area contributed by atoms with Crippen molar-refractivity contribution >= 4 is 27.5 Å². The maximum absolute atomic E-state index is 12.7. The quantitative estimate of drug-likeness (QED) is 0.523. The van der Waals surface area contributed by atoms with E-state index in [-0.39, 0.29) is 17.4 Å². The van der Waals surface area contributed by atoms with Crippen LogP contribution in [0.4, 0.5) is 0 Å². The minimum Gasteiger partial charge on any atom is -0.336 e. The molecule has 1 amide bonds. The minimum atomic E-state index is -0.140. The fourth-order valence-corrected chi connectivity index (χ4v) is 4.38. The van der Waals surface area contributed by atoms with Crippen LogP contribution in [-0.4, -0.2) is 43.6 Å². The molecule has 0 bridgehead atoms. The van der Waals surface area contributed by atoms with Gasteiger partial charge in [0, 0.05) is 43.0 Å². The van der Waals surface area contributed by atoms with Crippen molar-refractivity contribution in [2.75, 3.05) is 13.1 Å². The van der Waals surface area contributed by atoms with Gasteiger partial charge in [-0.05, 0) is 30.3 Å². The first kappa shape index (κ1) is 17.7. The number of benzene rings is 1. The Hall–Kier alpha value is -3.39. The summed E-state index contributed by atoms with van der Waals surface area (Å²) < 4.78 is 2.50. The Morgan fingerprint density at radius 2 is 1.86 bits per heavy atom. The number of carbonyl (C=O) groups is 1. The number of fused-ring (bicyclic) bond motifs is 1. The van der Waals surface area contributed by atoms with Crippen molar-refractivity contribution in [1.29, 1.82) is 0 Å². The highest BCUT2D eigenvalue weighted by atomic mass is 32.1. The summed E-state index contributed by atoms with van der Waals surface area (Å²) in [5.74, 6) is 0.152. The molecule has 1 fully saturated rings. The average Bonchev–Trinajstić information content (AvgIpc) is 3.16. The SMILES string of the molecule is O=C(c1nc2ccccc2s1)N1CC(Cn2nc(-c3ccncc3)ccc2=O)C1. The van der Waals surface area contributed by atoms with Gasteiger partial charge in [0.25, 0.3) is 11.5 Å². The molecule has 8 heteroatoms. The lowest BCUT2D eigenvalue weighted by molar-refractivity contribution is 0.0458. The van der Waals surface area contributed by atoms with E-state index in [9.17, 15) is 9.59 Å². The van der Waals surface area contributed by atoms with Crippen molar-refractivity contribution in [2.24, 2.45) is 5.92 Å². The second kappa shape index (κ2) is 7.21. The molecule has 1 aromatic carbocycles. The van der Waals surface area contributed by atoms with Gasteiger partial charge in [-0.2, -0.15) is 5.10 Å². The van der Waals surface area contributed by atoms with Gasteiger partial charge in [-0.15, -0.1) is 11.3 Å². The van der Waals surface area contributed by atoms with Gasteiger partial charge < -0.3 is 4.90 Å². The molecule has 7 nitrogen and oxygen atoms in total. The Kier molecular flexibility index (Phi) is 4.40. The average molecular weight is 403 g/mol. The summed E-state index contributed by atoms with van der Waals surface area (Å²) in [7, 11) is 0. The molecule has 0 radical (unpaired) electrons. The molecule has 144 valence electrons. The van der Waals surface area contributed by atoms with Gasteiger partial charge in [0.15, 0.2) is 5.01 Å². The summed E-state index contributed by atoms with van der Waals surface area (Å²) in [6.45, 7) is 1.69. The van der Waals surface area contributed by atoms with Crippen molar-refractivity contribution in [1.82, 2.24) is 24.6 Å². The molecule has 0 atom stereocenters. The van der Waals surface area contributed by atoms with E-state index in [2.05, 4.69) is 15.1 Å². The number of hydrogen-bond acceptors (Lipinski definition) is 6. The molecule has 1 aliphatic heterocycles. The molecular weight excluding hydrogens is 386 g/mol. The molecule has 3 aromatic heterocycles. The number of para-hydroxylation sites is 1. The number of aromatic nitrogens is 4. The Morgan fingerprint density at radius 1 is 1.07 bits per heavy atom. The lowest BCUT2D eigenvalue weighted by Gasteiger charge is -2.38. The molecule has 0 saturated carbocycles. The molecule has 0 N–H and O–H groups in total. The number of nitrogens with zero attached hydrogens (tertiary/aromatic N) is 5. The Labute approximate surface area is 170 Å². The third-order valence-electron chi connectivity index (χ3n) is 5.00. The van der Waals surface area contributed by atoms with Crippen LogP contribution in [0.25, 0.3) is 21.5 Å². The highest BCUT2D eigenvalue weighted by molar-refractivity contribution is 7.20. The van der Waals surface area contributed by atoms with Gasteiger partial charge >= 0.3 is 0 Å². The molecule has 0 aliphatic carbocycles. The molecule has 5 rings (SSSR count). The fraction of sp³-hybridized carbons (Fsp3) is 0.190. The van der Waals surface area contributed by atoms with E-state index < -0.39 is 0 Å². The monoisotopic (exact) mass is 403 g/mol. The van der Waals surface area contributed by atoms with Crippen LogP contribution in [0.15, 0.2) is 65.7 Å². The Morgan fingerprint density at radius 3 is 2.66 bits per heavy atom. The van der Waals surface area contributed by atoms with E-state index in [4.69, 9.17) is 0 Å². The van der Waals surface area contributed by atoms with Crippen LogP contribution in [0, 0.1) is 5.92 Å². The molecular formula is C21H17N5O2S. The molecule has 4 heterocycles. The van der Waals surface area contributed by atoms with Crippen LogP contribution in [0.3, 0.4) is 0 Å². The highest BCUT2D eigenvalue weighted by Crippen LogP contribution is 2.26. The second-order valence-corrected chi connectivity index (χ2v) is 8.07. The lowest BCUT2D eigenvalue weighted by atomic mass is 10.0. The van der Waals surface area contributed by atoms with E-state index in [1.165, 1.54) is 22.1 Å². The van der Waals surface area contributed by atoms with Gasteiger partial charge in [-0.25, -0.2) is 9.67 Å². The first-order valence-electron chi connectivity index (χ1n) is 9.31. The summed E-state index contributed by atoms with van der Waals surface area (Å²) in [5, 5.41) is 5.00. The van der Waals surface area contributed by atoms with Gasteiger partial charge in [0.2, 0.25) is 0 Å². The van der Waals surface area contributed by atoms with Crippen LogP contribution in [0.1, 0.15) is 9.80 Å². The van der Waals surface area contributed by atoms with E-state index in [0.29, 0.717) is 24.6 Å². The van der Waals surface area contributed by atoms with E-state index >= 15 is 0 Å². The maximum atomic E-state index is 12.7. The number of rotatable bonds is 4. The summed E-state index contributed by atoms with van der Waals surface area (Å²) in [6.07, 6.45) is 3.40. The van der Waals surface area contributed by atoms with Crippen molar-refractivity contribution in [2.45, 2.75) is 6.54 Å². The second-order valence-electron chi connectivity index (χ2n) is 7.04. The third-order valence-corrected chi connectivity index (χ3v) is 6.02. The number of thiazole rings is 1. The summed E-state index contributed by atoms with van der Waals surface area (Å²) in [4.78, 5) is 35.1. The van der Waals surface area contributed by atoms with Gasteiger partial charge in [-0.1, -0.05) is 12.1 Å². The standard InChI is InChI=1S/C21H17N5O2S/c27-19-6-5-16(15-7-9-22-10-8-15)24-26(19)13-14-11-25(12-14)21(28)20-23-17-3-1-2-4-18(17)29-20/h1-10,14H,11-13H2. The lowest BCUT2D eigenvalue weighted by Crippen LogP contribution is -2.52. The smallest absolute Gasteiger partial charge is 0.282 e. The maximum Gasteiger partial charge on any atom is 0.282 e. The zero-order valence-corrected chi connectivity index (χ0v) is 16.2. The molecule has 29 heavy (non-hydrogen) atoms. The topological polar surface area (TPSA) is 81.0 Å². The van der Waals surface area contributed by atoms with Crippen LogP contribution >= 0.6 is 11.3 Å². The number of amides is 1. The van der Waals surface area contributed by atoms with E-state index in [0.717, 1.165) is 21.5 Å². The summed E-state index contributed by atoms with van der Waals surface area (Å²) in [6, 6.07) is 14.7. The van der Waals surface area contributed by atoms with Gasteiger partial charge in [0.1, 0.15) is 0 Å². The normalized spacial score (nSPS) is 14.1. The first-order valence-corrected chi connectivity index (χ1v) is 10.1. The van der Waals surface area contributed by atoms with Crippen LogP contribution in [0.5, 0.6) is 0 Å². The molecule has 4 aromatic rings. The Bertz CT molecular complexity index is 1210. The summed E-state index contributed by atoms with van der Waals surface area (Å²) in [5.41, 5.74) is 2.35. The number of carbonyl (C=O) groups excluding carboxylic acids is 1. The molecule has 0 unspecified atom stereocenters. The summed E-state index contributed by atoms with van der Waals surface area (Å²) >= 11 is 1.42. The van der Waals surface area contributed by atoms with E-state index in [1.807, 2.05) is 36.4 Å². The minimum absolute atomic E-state index is 0.0479.